The monoisotopic (exact) mass is 299 g/mol. The van der Waals surface area contributed by atoms with Gasteiger partial charge in [0.25, 0.3) is 5.91 Å². The van der Waals surface area contributed by atoms with Crippen molar-refractivity contribution < 1.29 is 4.79 Å². The normalized spacial score (nSPS) is 16.2. The Balaban J connectivity index is 1.65. The number of piperidine rings is 1. The van der Waals surface area contributed by atoms with Gasteiger partial charge < -0.3 is 9.47 Å². The molecule has 22 heavy (non-hydrogen) atoms. The molecule has 0 N–H and O–H groups in total. The number of pyridine rings is 1. The number of amides is 1. The minimum Gasteiger partial charge on any atom is -0.339 e. The van der Waals surface area contributed by atoms with Crippen molar-refractivity contribution in [1.29, 1.82) is 0 Å². The van der Waals surface area contributed by atoms with E-state index in [4.69, 9.17) is 0 Å². The summed E-state index contributed by atoms with van der Waals surface area (Å²) in [6.45, 7) is 5.79. The van der Waals surface area contributed by atoms with Gasteiger partial charge >= 0.3 is 0 Å². The van der Waals surface area contributed by atoms with Crippen LogP contribution in [0.15, 0.2) is 30.9 Å². The fourth-order valence-electron chi connectivity index (χ4n) is 2.96. The second kappa shape index (κ2) is 6.25. The largest absolute Gasteiger partial charge is 0.339 e. The van der Waals surface area contributed by atoms with E-state index < -0.39 is 0 Å². The summed E-state index contributed by atoms with van der Waals surface area (Å²) in [5.74, 6) is 1.52. The molecule has 6 nitrogen and oxygen atoms in total. The number of hydrogen-bond acceptors (Lipinski definition) is 4. The van der Waals surface area contributed by atoms with E-state index in [1.54, 1.807) is 30.9 Å². The summed E-state index contributed by atoms with van der Waals surface area (Å²) in [6.07, 6.45) is 6.98. The van der Waals surface area contributed by atoms with Crippen molar-refractivity contribution >= 4 is 5.91 Å². The highest BCUT2D eigenvalue weighted by Gasteiger charge is 2.27. The van der Waals surface area contributed by atoms with Crippen LogP contribution in [-0.2, 0) is 0 Å². The van der Waals surface area contributed by atoms with Gasteiger partial charge in [0.2, 0.25) is 0 Å². The van der Waals surface area contributed by atoms with Crippen LogP contribution in [0.4, 0.5) is 0 Å². The molecule has 2 aromatic heterocycles. The lowest BCUT2D eigenvalue weighted by molar-refractivity contribution is 0.0710. The Bertz CT molecular complexity index is 629. The van der Waals surface area contributed by atoms with Crippen molar-refractivity contribution in [3.63, 3.8) is 0 Å². The van der Waals surface area contributed by atoms with Gasteiger partial charge in [-0.3, -0.25) is 9.78 Å². The zero-order valence-corrected chi connectivity index (χ0v) is 13.0. The van der Waals surface area contributed by atoms with Crippen LogP contribution in [0, 0.1) is 0 Å². The second-order valence-electron chi connectivity index (χ2n) is 5.99. The third-order valence-electron chi connectivity index (χ3n) is 4.23. The predicted octanol–water partition coefficient (Wildman–Crippen LogP) is 2.27. The molecule has 1 fully saturated rings. The van der Waals surface area contributed by atoms with Crippen LogP contribution in [0.3, 0.4) is 0 Å². The van der Waals surface area contributed by atoms with E-state index in [0.29, 0.717) is 17.5 Å². The van der Waals surface area contributed by atoms with E-state index in [1.165, 1.54) is 0 Å². The molecule has 1 amide bonds. The van der Waals surface area contributed by atoms with E-state index in [2.05, 4.69) is 33.6 Å². The molecule has 116 valence electrons. The van der Waals surface area contributed by atoms with E-state index in [-0.39, 0.29) is 5.91 Å². The highest BCUT2D eigenvalue weighted by molar-refractivity contribution is 5.94. The Hall–Kier alpha value is -2.24. The van der Waals surface area contributed by atoms with E-state index in [0.717, 1.165) is 31.8 Å². The summed E-state index contributed by atoms with van der Waals surface area (Å²) < 4.78 is 2.13. The van der Waals surface area contributed by atoms with Crippen molar-refractivity contribution in [2.75, 3.05) is 13.1 Å². The quantitative estimate of drug-likeness (QED) is 0.872. The van der Waals surface area contributed by atoms with Gasteiger partial charge in [0.1, 0.15) is 12.2 Å². The van der Waals surface area contributed by atoms with Crippen LogP contribution in [0.2, 0.25) is 0 Å². The Morgan fingerprint density at radius 2 is 1.91 bits per heavy atom. The maximum Gasteiger partial charge on any atom is 0.253 e. The Labute approximate surface area is 130 Å². The summed E-state index contributed by atoms with van der Waals surface area (Å²) in [5.41, 5.74) is 0.707. The fraction of sp³-hybridized carbons (Fsp3) is 0.500. The zero-order chi connectivity index (χ0) is 15.5. The predicted molar refractivity (Wildman–Crippen MR) is 82.5 cm³/mol. The molecular weight excluding hydrogens is 278 g/mol. The third kappa shape index (κ3) is 2.86. The van der Waals surface area contributed by atoms with Crippen LogP contribution in [-0.4, -0.2) is 43.6 Å². The summed E-state index contributed by atoms with van der Waals surface area (Å²) in [7, 11) is 0. The molecule has 0 aromatic carbocycles. The average Bonchev–Trinajstić information content (AvgIpc) is 3.05. The first-order valence-corrected chi connectivity index (χ1v) is 7.75. The van der Waals surface area contributed by atoms with Gasteiger partial charge in [0.15, 0.2) is 0 Å². The molecule has 0 spiro atoms. The topological polar surface area (TPSA) is 63.9 Å². The van der Waals surface area contributed by atoms with Crippen LogP contribution >= 0.6 is 0 Å². The van der Waals surface area contributed by atoms with Gasteiger partial charge in [0.05, 0.1) is 0 Å². The van der Waals surface area contributed by atoms with Crippen molar-refractivity contribution in [2.45, 2.75) is 38.6 Å². The van der Waals surface area contributed by atoms with Gasteiger partial charge in [-0.1, -0.05) is 0 Å². The number of rotatable bonds is 3. The molecule has 1 aliphatic heterocycles. The lowest BCUT2D eigenvalue weighted by atomic mass is 9.95. The molecule has 0 bridgehead atoms. The molecule has 6 heteroatoms. The Morgan fingerprint density at radius 3 is 2.55 bits per heavy atom. The summed E-state index contributed by atoms with van der Waals surface area (Å²) in [6, 6.07) is 3.90. The molecule has 0 aliphatic carbocycles. The third-order valence-corrected chi connectivity index (χ3v) is 4.23. The first-order valence-electron chi connectivity index (χ1n) is 7.75. The minimum absolute atomic E-state index is 0.0891. The smallest absolute Gasteiger partial charge is 0.253 e. The molecule has 0 unspecified atom stereocenters. The van der Waals surface area contributed by atoms with Gasteiger partial charge in [-0.25, -0.2) is 0 Å². The van der Waals surface area contributed by atoms with Crippen LogP contribution in [0.1, 0.15) is 54.8 Å². The average molecular weight is 299 g/mol. The molecule has 1 saturated heterocycles. The van der Waals surface area contributed by atoms with E-state index in [1.807, 2.05) is 4.90 Å². The zero-order valence-electron chi connectivity index (χ0n) is 13.0. The first kappa shape index (κ1) is 14.7. The minimum atomic E-state index is 0.0891. The number of aromatic nitrogens is 4. The number of carbonyl (C=O) groups is 1. The molecule has 0 saturated carbocycles. The van der Waals surface area contributed by atoms with Crippen molar-refractivity contribution in [2.24, 2.45) is 0 Å². The fourth-order valence-corrected chi connectivity index (χ4v) is 2.96. The molecule has 1 aliphatic rings. The molecule has 2 aromatic rings. The first-order chi connectivity index (χ1) is 10.7. The van der Waals surface area contributed by atoms with Crippen molar-refractivity contribution in [1.82, 2.24) is 24.6 Å². The van der Waals surface area contributed by atoms with Gasteiger partial charge in [0, 0.05) is 43.0 Å². The standard InChI is InChI=1S/C16H21N5O/c1-12(2)21-11-18-19-15(21)13-5-9-20(10-6-13)16(22)14-3-7-17-8-4-14/h3-4,7-8,11-13H,5-6,9-10H2,1-2H3. The van der Waals surface area contributed by atoms with Crippen LogP contribution < -0.4 is 0 Å². The maximum atomic E-state index is 12.4. The van der Waals surface area contributed by atoms with Crippen molar-refractivity contribution in [3.05, 3.63) is 42.2 Å². The molecule has 3 heterocycles. The SMILES string of the molecule is CC(C)n1cnnc1C1CCN(C(=O)c2ccncc2)CC1. The number of hydrogen-bond donors (Lipinski definition) is 0. The van der Waals surface area contributed by atoms with E-state index in [9.17, 15) is 4.79 Å². The Morgan fingerprint density at radius 1 is 1.23 bits per heavy atom. The number of nitrogens with zero attached hydrogens (tertiary/aromatic N) is 5. The second-order valence-corrected chi connectivity index (χ2v) is 5.99. The summed E-state index contributed by atoms with van der Waals surface area (Å²) in [5, 5.41) is 8.34. The van der Waals surface area contributed by atoms with Crippen LogP contribution in [0.25, 0.3) is 0 Å². The van der Waals surface area contributed by atoms with Gasteiger partial charge in [-0.05, 0) is 38.8 Å². The summed E-state index contributed by atoms with van der Waals surface area (Å²) >= 11 is 0. The van der Waals surface area contributed by atoms with Gasteiger partial charge in [-0.15, -0.1) is 10.2 Å². The Kier molecular flexibility index (Phi) is 4.18. The molecule has 3 rings (SSSR count). The molecule has 0 radical (unpaired) electrons. The lowest BCUT2D eigenvalue weighted by Crippen LogP contribution is -2.38. The summed E-state index contributed by atoms with van der Waals surface area (Å²) in [4.78, 5) is 18.3. The molecular formula is C16H21N5O. The lowest BCUT2D eigenvalue weighted by Gasteiger charge is -2.32. The molecule has 0 atom stereocenters. The highest BCUT2D eigenvalue weighted by atomic mass is 16.2. The van der Waals surface area contributed by atoms with Crippen LogP contribution in [0.5, 0.6) is 0 Å². The van der Waals surface area contributed by atoms with E-state index >= 15 is 0 Å². The van der Waals surface area contributed by atoms with Crippen molar-refractivity contribution in [3.8, 4) is 0 Å². The number of likely N-dealkylation sites (tertiary alicyclic amines) is 1. The number of carbonyl (C=O) groups excluding carboxylic acids is 1. The highest BCUT2D eigenvalue weighted by Crippen LogP contribution is 2.28. The maximum absolute atomic E-state index is 12.4. The van der Waals surface area contributed by atoms with Gasteiger partial charge in [-0.2, -0.15) is 0 Å².